The molecule has 1 aliphatic heterocycles. The van der Waals surface area contributed by atoms with Gasteiger partial charge < -0.3 is 15.4 Å². The van der Waals surface area contributed by atoms with E-state index < -0.39 is 5.91 Å². The zero-order valence-electron chi connectivity index (χ0n) is 16.0. The number of nitrogens with one attached hydrogen (secondary N) is 2. The van der Waals surface area contributed by atoms with Crippen LogP contribution in [0.3, 0.4) is 0 Å². The first-order chi connectivity index (χ1) is 14.1. The van der Waals surface area contributed by atoms with E-state index in [2.05, 4.69) is 20.4 Å². The monoisotopic (exact) mass is 394 g/mol. The lowest BCUT2D eigenvalue weighted by molar-refractivity contribution is 0.0600. The van der Waals surface area contributed by atoms with Crippen LogP contribution in [0.4, 0.5) is 0 Å². The number of likely N-dealkylation sites (tertiary alicyclic amines) is 1. The number of hydrogen-bond donors (Lipinski definition) is 3. The van der Waals surface area contributed by atoms with Gasteiger partial charge in [0, 0.05) is 12.1 Å². The maximum atomic E-state index is 13.2. The number of carbonyl (C=O) groups is 2. The average Bonchev–Trinajstić information content (AvgIpc) is 3.43. The van der Waals surface area contributed by atoms with Gasteiger partial charge in [0.15, 0.2) is 0 Å². The van der Waals surface area contributed by atoms with E-state index in [0.29, 0.717) is 23.6 Å². The minimum atomic E-state index is -0.599. The Hall–Kier alpha value is -3.62. The Balaban J connectivity index is 1.58. The minimum absolute atomic E-state index is 0.147. The zero-order chi connectivity index (χ0) is 20.4. The first-order valence-electron chi connectivity index (χ1n) is 9.42. The van der Waals surface area contributed by atoms with Gasteiger partial charge in [0.1, 0.15) is 17.1 Å². The van der Waals surface area contributed by atoms with Crippen LogP contribution in [0, 0.1) is 0 Å². The molecule has 1 saturated heterocycles. The fraction of sp³-hybridized carbons (Fsp3) is 0.300. The van der Waals surface area contributed by atoms with E-state index in [1.54, 1.807) is 24.1 Å². The lowest BCUT2D eigenvalue weighted by Crippen LogP contribution is -2.38. The van der Waals surface area contributed by atoms with Crippen molar-refractivity contribution in [3.05, 3.63) is 53.5 Å². The highest BCUT2D eigenvalue weighted by molar-refractivity contribution is 5.94. The number of ether oxygens (including phenoxy) is 1. The maximum Gasteiger partial charge on any atom is 0.272 e. The molecule has 1 atom stereocenters. The van der Waals surface area contributed by atoms with E-state index in [1.165, 1.54) is 0 Å². The molecule has 29 heavy (non-hydrogen) atoms. The van der Waals surface area contributed by atoms with Crippen molar-refractivity contribution < 1.29 is 14.3 Å². The third-order valence-electron chi connectivity index (χ3n) is 5.15. The van der Waals surface area contributed by atoms with Gasteiger partial charge >= 0.3 is 0 Å². The molecule has 0 spiro atoms. The lowest BCUT2D eigenvalue weighted by Gasteiger charge is -2.34. The third-order valence-corrected chi connectivity index (χ3v) is 5.15. The second-order valence-electron chi connectivity index (χ2n) is 6.98. The molecule has 150 valence electrons. The largest absolute Gasteiger partial charge is 0.497 e. The van der Waals surface area contributed by atoms with E-state index in [0.717, 1.165) is 30.6 Å². The number of primary amides is 1. The Morgan fingerprint density at radius 3 is 2.79 bits per heavy atom. The van der Waals surface area contributed by atoms with E-state index >= 15 is 0 Å². The summed E-state index contributed by atoms with van der Waals surface area (Å²) in [6, 6.07) is 10.7. The standard InChI is InChI=1S/C20H22N6O3/c1-29-13-6-4-5-12(9-13)14-10-17(25-22-14)20(28)26-8-3-2-7-18(26)15-11-16(19(21)27)24-23-15/h4-6,9-11,18H,2-3,7-8H2,1H3,(H2,21,27)(H,22,25)(H,23,24). The van der Waals surface area contributed by atoms with Crippen LogP contribution in [0.5, 0.6) is 5.75 Å². The van der Waals surface area contributed by atoms with Gasteiger partial charge in [-0.05, 0) is 43.5 Å². The molecular formula is C20H22N6O3. The summed E-state index contributed by atoms with van der Waals surface area (Å²) in [4.78, 5) is 26.3. The first kappa shape index (κ1) is 18.7. The predicted octanol–water partition coefficient (Wildman–Crippen LogP) is 2.27. The van der Waals surface area contributed by atoms with Crippen LogP contribution in [0.1, 0.15) is 52.0 Å². The lowest BCUT2D eigenvalue weighted by atomic mass is 9.98. The molecule has 4 N–H and O–H groups in total. The van der Waals surface area contributed by atoms with Gasteiger partial charge in [-0.1, -0.05) is 12.1 Å². The number of benzene rings is 1. The summed E-state index contributed by atoms with van der Waals surface area (Å²) in [5.41, 5.74) is 8.10. The molecule has 9 nitrogen and oxygen atoms in total. The zero-order valence-corrected chi connectivity index (χ0v) is 16.0. The van der Waals surface area contributed by atoms with E-state index in [4.69, 9.17) is 10.5 Å². The summed E-state index contributed by atoms with van der Waals surface area (Å²) in [5.74, 6) is -0.0248. The number of hydrogen-bond acceptors (Lipinski definition) is 5. The van der Waals surface area contributed by atoms with Crippen molar-refractivity contribution in [3.8, 4) is 17.0 Å². The van der Waals surface area contributed by atoms with Crippen molar-refractivity contribution in [2.45, 2.75) is 25.3 Å². The summed E-state index contributed by atoms with van der Waals surface area (Å²) < 4.78 is 5.25. The average molecular weight is 394 g/mol. The highest BCUT2D eigenvalue weighted by Crippen LogP contribution is 2.32. The number of amides is 2. The van der Waals surface area contributed by atoms with Crippen molar-refractivity contribution >= 4 is 11.8 Å². The molecule has 0 bridgehead atoms. The second-order valence-corrected chi connectivity index (χ2v) is 6.98. The molecule has 3 aromatic rings. The van der Waals surface area contributed by atoms with Crippen LogP contribution in [0.2, 0.25) is 0 Å². The molecule has 1 unspecified atom stereocenters. The fourth-order valence-electron chi connectivity index (χ4n) is 3.65. The van der Waals surface area contributed by atoms with Gasteiger partial charge in [-0.3, -0.25) is 19.8 Å². The van der Waals surface area contributed by atoms with Crippen molar-refractivity contribution in [3.63, 3.8) is 0 Å². The Morgan fingerprint density at radius 2 is 2.03 bits per heavy atom. The highest BCUT2D eigenvalue weighted by Gasteiger charge is 2.31. The molecule has 9 heteroatoms. The Bertz CT molecular complexity index is 1040. The second kappa shape index (κ2) is 7.78. The summed E-state index contributed by atoms with van der Waals surface area (Å²) >= 11 is 0. The summed E-state index contributed by atoms with van der Waals surface area (Å²) in [5, 5.41) is 13.9. The Kier molecular flexibility index (Phi) is 5.03. The molecule has 0 saturated carbocycles. The normalized spacial score (nSPS) is 16.6. The molecule has 4 rings (SSSR count). The Morgan fingerprint density at radius 1 is 1.17 bits per heavy atom. The van der Waals surface area contributed by atoms with Gasteiger partial charge in [0.25, 0.3) is 11.8 Å². The molecule has 0 aliphatic carbocycles. The number of nitrogens with zero attached hydrogens (tertiary/aromatic N) is 3. The van der Waals surface area contributed by atoms with Crippen molar-refractivity contribution in [1.29, 1.82) is 0 Å². The number of carbonyl (C=O) groups excluding carboxylic acids is 2. The van der Waals surface area contributed by atoms with Crippen LogP contribution in [0.25, 0.3) is 11.3 Å². The molecule has 1 fully saturated rings. The SMILES string of the molecule is COc1cccc(-c2cc(C(=O)N3CCCCC3c3cc(C(N)=O)n[nH]3)[nH]n2)c1. The van der Waals surface area contributed by atoms with Gasteiger partial charge in [-0.15, -0.1) is 0 Å². The fourth-order valence-corrected chi connectivity index (χ4v) is 3.65. The molecule has 3 heterocycles. The summed E-state index contributed by atoms with van der Waals surface area (Å²) in [7, 11) is 1.61. The number of aromatic amines is 2. The number of H-pyrrole nitrogens is 2. The van der Waals surface area contributed by atoms with Gasteiger partial charge in [-0.25, -0.2) is 0 Å². The smallest absolute Gasteiger partial charge is 0.272 e. The van der Waals surface area contributed by atoms with Crippen molar-refractivity contribution in [2.75, 3.05) is 13.7 Å². The number of methoxy groups -OCH3 is 1. The van der Waals surface area contributed by atoms with E-state index in [9.17, 15) is 9.59 Å². The molecule has 1 aromatic carbocycles. The molecule has 0 radical (unpaired) electrons. The number of aromatic nitrogens is 4. The van der Waals surface area contributed by atoms with Crippen LogP contribution in [-0.2, 0) is 0 Å². The molecule has 2 aromatic heterocycles. The van der Waals surface area contributed by atoms with Crippen LogP contribution in [-0.4, -0.2) is 50.8 Å². The molecular weight excluding hydrogens is 372 g/mol. The van der Waals surface area contributed by atoms with Gasteiger partial charge in [-0.2, -0.15) is 10.2 Å². The summed E-state index contributed by atoms with van der Waals surface area (Å²) in [6.45, 7) is 0.613. The van der Waals surface area contributed by atoms with E-state index in [1.807, 2.05) is 24.3 Å². The third kappa shape index (κ3) is 3.71. The molecule has 1 aliphatic rings. The van der Waals surface area contributed by atoms with Crippen LogP contribution >= 0.6 is 0 Å². The van der Waals surface area contributed by atoms with Gasteiger partial charge in [0.2, 0.25) is 0 Å². The van der Waals surface area contributed by atoms with Crippen LogP contribution < -0.4 is 10.5 Å². The topological polar surface area (TPSA) is 130 Å². The highest BCUT2D eigenvalue weighted by atomic mass is 16.5. The van der Waals surface area contributed by atoms with Crippen LogP contribution in [0.15, 0.2) is 36.4 Å². The van der Waals surface area contributed by atoms with Crippen molar-refractivity contribution in [1.82, 2.24) is 25.3 Å². The number of rotatable bonds is 5. The minimum Gasteiger partial charge on any atom is -0.497 e. The first-order valence-corrected chi connectivity index (χ1v) is 9.42. The predicted molar refractivity (Wildman–Crippen MR) is 105 cm³/mol. The van der Waals surface area contributed by atoms with Gasteiger partial charge in [0.05, 0.1) is 24.5 Å². The number of piperidine rings is 1. The van der Waals surface area contributed by atoms with Crippen molar-refractivity contribution in [2.24, 2.45) is 5.73 Å². The quantitative estimate of drug-likeness (QED) is 0.611. The van der Waals surface area contributed by atoms with E-state index in [-0.39, 0.29) is 17.6 Å². The Labute approximate surface area is 167 Å². The number of nitrogens with two attached hydrogens (primary N) is 1. The molecule has 2 amide bonds. The maximum absolute atomic E-state index is 13.2. The summed E-state index contributed by atoms with van der Waals surface area (Å²) in [6.07, 6.45) is 2.68.